The zero-order chi connectivity index (χ0) is 23.0. The minimum atomic E-state index is -5.93. The summed E-state index contributed by atoms with van der Waals surface area (Å²) in [5.41, 5.74) is -4.24. The summed E-state index contributed by atoms with van der Waals surface area (Å²) in [6, 6.07) is 10.5. The molecule has 0 amide bonds. The van der Waals surface area contributed by atoms with Crippen molar-refractivity contribution in [2.45, 2.75) is 57.2 Å². The smallest absolute Gasteiger partial charge is 0.372 e. The van der Waals surface area contributed by atoms with E-state index in [4.69, 9.17) is 4.74 Å². The molecule has 2 rings (SSSR count). The molecule has 0 aliphatic heterocycles. The lowest BCUT2D eigenvalue weighted by atomic mass is 9.86. The van der Waals surface area contributed by atoms with Crippen molar-refractivity contribution >= 4 is 16.3 Å². The van der Waals surface area contributed by atoms with Gasteiger partial charge in [0, 0.05) is 0 Å². The Hall–Kier alpha value is -2.06. The van der Waals surface area contributed by atoms with E-state index in [9.17, 15) is 31.4 Å². The van der Waals surface area contributed by atoms with Gasteiger partial charge in [-0.3, -0.25) is 0 Å². The van der Waals surface area contributed by atoms with Crippen LogP contribution in [0.5, 0.6) is 0 Å². The van der Waals surface area contributed by atoms with Crippen molar-refractivity contribution in [2.24, 2.45) is 0 Å². The van der Waals surface area contributed by atoms with Crippen LogP contribution in [0, 0.1) is 0 Å². The summed E-state index contributed by atoms with van der Waals surface area (Å²) >= 11 is 0. The highest BCUT2D eigenvalue weighted by molar-refractivity contribution is 5.93. The molecule has 0 radical (unpaired) electrons. The summed E-state index contributed by atoms with van der Waals surface area (Å²) in [6.45, 7) is 7.02. The third-order valence-corrected chi connectivity index (χ3v) is 5.50. The standard InChI is InChI=1S/C22H24F6O2/c1-5-19(6-2,30-13-20(29,21(23,24)25)22(26,27)28)16-10-11-18-15(12-16)8-7-9-17(18)14(3)4/h7-12,29H,3,5-6,13H2,1-2,4H3. The summed E-state index contributed by atoms with van der Waals surface area (Å²) in [5.74, 6) is 0. The Morgan fingerprint density at radius 3 is 2.00 bits per heavy atom. The second kappa shape index (κ2) is 8.23. The first kappa shape index (κ1) is 24.2. The van der Waals surface area contributed by atoms with Gasteiger partial charge < -0.3 is 9.84 Å². The molecule has 166 valence electrons. The van der Waals surface area contributed by atoms with E-state index >= 15 is 0 Å². The van der Waals surface area contributed by atoms with Gasteiger partial charge in [0.1, 0.15) is 0 Å². The van der Waals surface area contributed by atoms with Crippen molar-refractivity contribution in [1.82, 2.24) is 0 Å². The molecule has 0 heterocycles. The third kappa shape index (κ3) is 4.21. The van der Waals surface area contributed by atoms with Gasteiger partial charge in [0.05, 0.1) is 12.2 Å². The summed E-state index contributed by atoms with van der Waals surface area (Å²) in [5, 5.41) is 11.1. The van der Waals surface area contributed by atoms with Gasteiger partial charge in [-0.05, 0) is 47.7 Å². The Balaban J connectivity index is 2.51. The Bertz CT molecular complexity index is 896. The number of hydrogen-bond acceptors (Lipinski definition) is 2. The fraction of sp³-hybridized carbons (Fsp3) is 0.455. The zero-order valence-corrected chi connectivity index (χ0v) is 16.9. The van der Waals surface area contributed by atoms with Gasteiger partial charge in [0.25, 0.3) is 5.60 Å². The van der Waals surface area contributed by atoms with Crippen LogP contribution in [0.2, 0.25) is 0 Å². The van der Waals surface area contributed by atoms with Crippen LogP contribution in [0.4, 0.5) is 26.3 Å². The van der Waals surface area contributed by atoms with E-state index < -0.39 is 30.2 Å². The highest BCUT2D eigenvalue weighted by Crippen LogP contribution is 2.45. The summed E-state index contributed by atoms with van der Waals surface area (Å²) in [4.78, 5) is 0. The fourth-order valence-electron chi connectivity index (χ4n) is 3.45. The van der Waals surface area contributed by atoms with Gasteiger partial charge in [0.2, 0.25) is 0 Å². The Morgan fingerprint density at radius 1 is 0.967 bits per heavy atom. The number of fused-ring (bicyclic) bond motifs is 1. The summed E-state index contributed by atoms with van der Waals surface area (Å²) < 4.78 is 83.6. The van der Waals surface area contributed by atoms with E-state index in [0.29, 0.717) is 5.56 Å². The molecule has 0 atom stereocenters. The number of benzene rings is 2. The molecule has 1 N–H and O–H groups in total. The van der Waals surface area contributed by atoms with Gasteiger partial charge in [-0.25, -0.2) is 0 Å². The Labute approximate surface area is 171 Å². The van der Waals surface area contributed by atoms with Crippen LogP contribution >= 0.6 is 0 Å². The average molecular weight is 434 g/mol. The minimum Gasteiger partial charge on any atom is -0.372 e. The first-order valence-electron chi connectivity index (χ1n) is 9.41. The van der Waals surface area contributed by atoms with E-state index in [1.807, 2.05) is 13.0 Å². The van der Waals surface area contributed by atoms with Crippen LogP contribution < -0.4 is 0 Å². The van der Waals surface area contributed by atoms with Crippen molar-refractivity contribution in [1.29, 1.82) is 0 Å². The van der Waals surface area contributed by atoms with Crippen molar-refractivity contribution in [2.75, 3.05) is 6.61 Å². The highest BCUT2D eigenvalue weighted by Gasteiger charge is 2.71. The second-order valence-electron chi connectivity index (χ2n) is 7.37. The Morgan fingerprint density at radius 2 is 1.53 bits per heavy atom. The van der Waals surface area contributed by atoms with Crippen LogP contribution in [0.15, 0.2) is 43.0 Å². The monoisotopic (exact) mass is 434 g/mol. The minimum absolute atomic E-state index is 0.112. The summed E-state index contributed by atoms with van der Waals surface area (Å²) in [7, 11) is 0. The molecule has 0 spiro atoms. The molecule has 0 unspecified atom stereocenters. The molecule has 2 aromatic carbocycles. The molecule has 2 aromatic rings. The second-order valence-corrected chi connectivity index (χ2v) is 7.37. The average Bonchev–Trinajstić information content (AvgIpc) is 2.66. The SMILES string of the molecule is C=C(C)c1cccc2cc(C(CC)(CC)OCC(O)(C(F)(F)F)C(F)(F)F)ccc12. The number of ether oxygens (including phenoxy) is 1. The molecule has 8 heteroatoms. The molecule has 2 nitrogen and oxygen atoms in total. The van der Waals surface area contributed by atoms with Gasteiger partial charge in [-0.1, -0.05) is 56.3 Å². The van der Waals surface area contributed by atoms with Crippen LogP contribution in [0.25, 0.3) is 16.3 Å². The third-order valence-electron chi connectivity index (χ3n) is 5.50. The van der Waals surface area contributed by atoms with Crippen molar-refractivity contribution in [3.8, 4) is 0 Å². The molecule has 30 heavy (non-hydrogen) atoms. The maximum atomic E-state index is 13.1. The van der Waals surface area contributed by atoms with Crippen molar-refractivity contribution < 1.29 is 36.2 Å². The molecule has 0 aromatic heterocycles. The first-order valence-corrected chi connectivity index (χ1v) is 9.41. The molecular weight excluding hydrogens is 410 g/mol. The van der Waals surface area contributed by atoms with Gasteiger partial charge in [0.15, 0.2) is 0 Å². The number of allylic oxidation sites excluding steroid dienone is 1. The molecule has 0 fully saturated rings. The largest absolute Gasteiger partial charge is 0.428 e. The van der Waals surface area contributed by atoms with Crippen LogP contribution in [-0.2, 0) is 10.3 Å². The number of alkyl halides is 6. The van der Waals surface area contributed by atoms with E-state index in [1.165, 1.54) is 0 Å². The highest BCUT2D eigenvalue weighted by atomic mass is 19.4. The molecule has 0 aliphatic carbocycles. The summed E-state index contributed by atoms with van der Waals surface area (Å²) in [6.07, 6.45) is -11.6. The molecule has 0 saturated carbocycles. The normalized spacial score (nSPS) is 13.7. The van der Waals surface area contributed by atoms with Crippen LogP contribution in [0.1, 0.15) is 44.7 Å². The predicted octanol–water partition coefficient (Wildman–Crippen LogP) is 6.76. The quantitative estimate of drug-likeness (QED) is 0.488. The molecular formula is C22H24F6O2. The number of rotatable bonds is 7. The number of hydrogen-bond donors (Lipinski definition) is 1. The molecule has 0 saturated heterocycles. The van der Waals surface area contributed by atoms with Crippen LogP contribution in [0.3, 0.4) is 0 Å². The molecule has 0 bridgehead atoms. The lowest BCUT2D eigenvalue weighted by Crippen LogP contribution is -2.60. The lowest BCUT2D eigenvalue weighted by Gasteiger charge is -2.38. The topological polar surface area (TPSA) is 29.5 Å². The van der Waals surface area contributed by atoms with Gasteiger partial charge in [-0.15, -0.1) is 0 Å². The first-order chi connectivity index (χ1) is 13.7. The number of halogens is 6. The maximum Gasteiger partial charge on any atom is 0.428 e. The maximum absolute atomic E-state index is 13.1. The van der Waals surface area contributed by atoms with Gasteiger partial charge in [-0.2, -0.15) is 26.3 Å². The van der Waals surface area contributed by atoms with E-state index in [0.717, 1.165) is 21.9 Å². The van der Waals surface area contributed by atoms with E-state index in [1.54, 1.807) is 44.2 Å². The number of aliphatic hydroxyl groups is 1. The van der Waals surface area contributed by atoms with Gasteiger partial charge >= 0.3 is 12.4 Å². The Kier molecular flexibility index (Phi) is 6.64. The molecule has 0 aliphatic rings. The lowest BCUT2D eigenvalue weighted by molar-refractivity contribution is -0.383. The van der Waals surface area contributed by atoms with Crippen LogP contribution in [-0.4, -0.2) is 29.7 Å². The predicted molar refractivity (Wildman–Crippen MR) is 104 cm³/mol. The fourth-order valence-corrected chi connectivity index (χ4v) is 3.45. The van der Waals surface area contributed by atoms with Crippen molar-refractivity contribution in [3.63, 3.8) is 0 Å². The van der Waals surface area contributed by atoms with E-state index in [-0.39, 0.29) is 12.8 Å². The van der Waals surface area contributed by atoms with E-state index in [2.05, 4.69) is 6.58 Å². The van der Waals surface area contributed by atoms with Crippen molar-refractivity contribution in [3.05, 3.63) is 54.1 Å². The zero-order valence-electron chi connectivity index (χ0n) is 16.9.